The number of benzene rings is 2. The van der Waals surface area contributed by atoms with Gasteiger partial charge in [-0.2, -0.15) is 0 Å². The number of guanidine groups is 1. The van der Waals surface area contributed by atoms with Crippen molar-refractivity contribution in [1.29, 1.82) is 0 Å². The number of aliphatic carboxylic acids is 2. The fraction of sp³-hybridized carbons (Fsp3) is 0.521. The number of hydrogen-bond acceptors (Lipinski definition) is 16. The molecule has 1 saturated heterocycles. The van der Waals surface area contributed by atoms with Crippen LogP contribution in [0.25, 0.3) is 0 Å². The summed E-state index contributed by atoms with van der Waals surface area (Å²) < 4.78 is 0. The molecule has 1 aliphatic rings. The van der Waals surface area contributed by atoms with Crippen LogP contribution in [0.15, 0.2) is 53.5 Å². The Morgan fingerprint density at radius 2 is 1.17 bits per heavy atom. The molecule has 1 heterocycles. The van der Waals surface area contributed by atoms with E-state index in [4.69, 9.17) is 17.2 Å². The summed E-state index contributed by atoms with van der Waals surface area (Å²) >= 11 is 0. The summed E-state index contributed by atoms with van der Waals surface area (Å²) in [6.45, 7) is 4.92. The average Bonchev–Trinajstić information content (AvgIpc) is 3.84. The number of aliphatic imine (C=N–C) groups is 1. The van der Waals surface area contributed by atoms with Gasteiger partial charge < -0.3 is 90.0 Å². The first-order chi connectivity index (χ1) is 35.7. The number of carboxylic acids is 2. The Hall–Kier alpha value is -8.11. The Balaban J connectivity index is 1.90. The minimum Gasteiger partial charge on any atom is -0.508 e. The molecule has 0 spiro atoms. The molecule has 0 unspecified atom stereocenters. The summed E-state index contributed by atoms with van der Waals surface area (Å²) in [4.78, 5) is 138. The first-order valence-electron chi connectivity index (χ1n) is 24.3. The van der Waals surface area contributed by atoms with Gasteiger partial charge in [0.25, 0.3) is 0 Å². The van der Waals surface area contributed by atoms with E-state index < -0.39 is 139 Å². The van der Waals surface area contributed by atoms with Gasteiger partial charge in [-0.05, 0) is 80.8 Å². The molecule has 10 atom stereocenters. The Morgan fingerprint density at radius 1 is 0.658 bits per heavy atom. The summed E-state index contributed by atoms with van der Waals surface area (Å²) in [5.41, 5.74) is 17.4. The Labute approximate surface area is 437 Å². The highest BCUT2D eigenvalue weighted by molar-refractivity contribution is 5.99. The van der Waals surface area contributed by atoms with E-state index in [1.807, 2.05) is 5.32 Å². The fourth-order valence-corrected chi connectivity index (χ4v) is 7.83. The first kappa shape index (κ1) is 62.2. The lowest BCUT2D eigenvalue weighted by atomic mass is 9.99. The van der Waals surface area contributed by atoms with Gasteiger partial charge in [-0.3, -0.25) is 48.1 Å². The highest BCUT2D eigenvalue weighted by atomic mass is 16.4. The van der Waals surface area contributed by atoms with E-state index in [2.05, 4.69) is 36.9 Å². The molecule has 1 aliphatic heterocycles. The third-order valence-electron chi connectivity index (χ3n) is 12.0. The number of carboxylic acid groups (broad SMARTS) is 2. The van der Waals surface area contributed by atoms with Crippen molar-refractivity contribution in [2.75, 3.05) is 19.6 Å². The number of carbonyl (C=O) groups is 10. The minimum atomic E-state index is -1.93. The molecule has 76 heavy (non-hydrogen) atoms. The normalized spacial score (nSPS) is 16.6. The Kier molecular flexibility index (Phi) is 24.3. The van der Waals surface area contributed by atoms with Crippen LogP contribution >= 0.6 is 0 Å². The lowest BCUT2D eigenvalue weighted by molar-refractivity contribution is -0.146. The van der Waals surface area contributed by atoms with E-state index in [1.54, 1.807) is 13.8 Å². The zero-order chi connectivity index (χ0) is 57.0. The molecule has 0 bridgehead atoms. The standard InChI is InChI=1S/C48H70N12O16/c1-23(2)37(57-35(65)22-53-40(68)30(49)7-5-17-52-48(50)51)44(72)55-31(19-26-9-13-28(63)14-10-26)41(69)56-33(20-27-11-15-29(64)16-12-27)46(74)60-18-6-8-34(60)43(71)54-32(21-36(66)67)42(70)58-38(24(3)61)45(73)59-39(25(4)62)47(75)76/h9-16,23-25,30-34,37-39,61-64H,5-8,17-22,49H2,1-4H3,(H,53,68)(H,54,71)(H,55,72)(H,56,69)(H,57,65)(H,58,70)(H,59,73)(H,66,67)(H,75,76)(H4,50,51,52)/t24-,25-,30+,31+,32+,33+,34+,37+,38+,39+/m1/s1. The van der Waals surface area contributed by atoms with Crippen molar-refractivity contribution in [3.63, 3.8) is 0 Å². The van der Waals surface area contributed by atoms with E-state index in [-0.39, 0.29) is 62.7 Å². The average molecular weight is 1070 g/mol. The maximum atomic E-state index is 14.7. The van der Waals surface area contributed by atoms with Gasteiger partial charge >= 0.3 is 11.9 Å². The van der Waals surface area contributed by atoms with Crippen molar-refractivity contribution in [3.8, 4) is 11.5 Å². The van der Waals surface area contributed by atoms with Gasteiger partial charge in [0.05, 0.1) is 31.2 Å². The number of amides is 8. The molecular formula is C48H70N12O16. The van der Waals surface area contributed by atoms with Crippen LogP contribution in [0.4, 0.5) is 0 Å². The number of phenolic OH excluding ortho intramolecular Hbond substituents is 2. The summed E-state index contributed by atoms with van der Waals surface area (Å²) in [5.74, 6) is -11.8. The van der Waals surface area contributed by atoms with Crippen LogP contribution in [0.3, 0.4) is 0 Å². The zero-order valence-corrected chi connectivity index (χ0v) is 42.4. The monoisotopic (exact) mass is 1070 g/mol. The zero-order valence-electron chi connectivity index (χ0n) is 42.4. The van der Waals surface area contributed by atoms with Crippen molar-refractivity contribution in [2.45, 2.75) is 133 Å². The summed E-state index contributed by atoms with van der Waals surface area (Å²) in [6, 6.07) is -1.14. The van der Waals surface area contributed by atoms with E-state index in [9.17, 15) is 78.6 Å². The van der Waals surface area contributed by atoms with Crippen molar-refractivity contribution in [2.24, 2.45) is 28.1 Å². The van der Waals surface area contributed by atoms with Crippen molar-refractivity contribution >= 4 is 65.2 Å². The van der Waals surface area contributed by atoms with Crippen LogP contribution in [0, 0.1) is 5.92 Å². The Bertz CT molecular complexity index is 2400. The van der Waals surface area contributed by atoms with Gasteiger partial charge in [0, 0.05) is 25.9 Å². The number of aliphatic hydroxyl groups is 2. The van der Waals surface area contributed by atoms with Crippen molar-refractivity contribution in [3.05, 3.63) is 59.7 Å². The predicted molar refractivity (Wildman–Crippen MR) is 269 cm³/mol. The smallest absolute Gasteiger partial charge is 0.328 e. The molecule has 0 radical (unpaired) electrons. The highest BCUT2D eigenvalue weighted by Crippen LogP contribution is 2.22. The third-order valence-corrected chi connectivity index (χ3v) is 12.0. The topological polar surface area (TPSA) is 470 Å². The van der Waals surface area contributed by atoms with Gasteiger partial charge in [-0.1, -0.05) is 38.1 Å². The number of nitrogens with one attached hydrogen (secondary N) is 7. The molecule has 28 nitrogen and oxygen atoms in total. The fourth-order valence-electron chi connectivity index (χ4n) is 7.83. The first-order valence-corrected chi connectivity index (χ1v) is 24.3. The number of rotatable bonds is 29. The van der Waals surface area contributed by atoms with Crippen molar-refractivity contribution < 1.29 is 78.6 Å². The number of nitrogens with two attached hydrogens (primary N) is 3. The van der Waals surface area contributed by atoms with Gasteiger partial charge in [-0.15, -0.1) is 0 Å². The van der Waals surface area contributed by atoms with Crippen LogP contribution in [0.5, 0.6) is 11.5 Å². The molecule has 8 amide bonds. The van der Waals surface area contributed by atoms with Crippen molar-refractivity contribution in [1.82, 2.24) is 42.1 Å². The molecule has 2 aromatic carbocycles. The van der Waals surface area contributed by atoms with E-state index in [1.165, 1.54) is 48.5 Å². The molecule has 3 rings (SSSR count). The largest absolute Gasteiger partial charge is 0.508 e. The molecule has 0 aromatic heterocycles. The molecule has 2 aromatic rings. The number of aromatic hydroxyl groups is 2. The quantitative estimate of drug-likeness (QED) is 0.0207. The lowest BCUT2D eigenvalue weighted by Gasteiger charge is -2.31. The number of carbonyl (C=O) groups excluding carboxylic acids is 8. The second-order valence-electron chi connectivity index (χ2n) is 18.6. The van der Waals surface area contributed by atoms with Gasteiger partial charge in [0.1, 0.15) is 47.8 Å². The number of nitrogens with zero attached hydrogens (tertiary/aromatic N) is 2. The molecule has 28 heteroatoms. The van der Waals surface area contributed by atoms with Crippen LogP contribution in [0.2, 0.25) is 0 Å². The molecule has 418 valence electrons. The summed E-state index contributed by atoms with van der Waals surface area (Å²) in [6.07, 6.45) is -4.12. The number of hydrogen-bond donors (Lipinski definition) is 16. The second kappa shape index (κ2) is 29.7. The van der Waals surface area contributed by atoms with Crippen LogP contribution < -0.4 is 54.4 Å². The third kappa shape index (κ3) is 20.0. The summed E-state index contributed by atoms with van der Waals surface area (Å²) in [5, 5.41) is 75.9. The maximum absolute atomic E-state index is 14.7. The van der Waals surface area contributed by atoms with E-state index >= 15 is 0 Å². The van der Waals surface area contributed by atoms with E-state index in [0.717, 1.165) is 18.7 Å². The van der Waals surface area contributed by atoms with Gasteiger partial charge in [-0.25, -0.2) is 4.79 Å². The molecule has 0 saturated carbocycles. The second-order valence-corrected chi connectivity index (χ2v) is 18.6. The number of aliphatic hydroxyl groups excluding tert-OH is 2. The highest BCUT2D eigenvalue weighted by Gasteiger charge is 2.41. The number of phenols is 2. The summed E-state index contributed by atoms with van der Waals surface area (Å²) in [7, 11) is 0. The van der Waals surface area contributed by atoms with Crippen LogP contribution in [-0.4, -0.2) is 181 Å². The molecular weight excluding hydrogens is 1000 g/mol. The molecule has 0 aliphatic carbocycles. The van der Waals surface area contributed by atoms with Gasteiger partial charge in [0.2, 0.25) is 47.3 Å². The minimum absolute atomic E-state index is 0.0213. The Morgan fingerprint density at radius 3 is 1.68 bits per heavy atom. The maximum Gasteiger partial charge on any atom is 0.328 e. The lowest BCUT2D eigenvalue weighted by Crippen LogP contribution is -2.62. The molecule has 19 N–H and O–H groups in total. The van der Waals surface area contributed by atoms with Crippen LogP contribution in [-0.2, 0) is 60.8 Å². The van der Waals surface area contributed by atoms with Gasteiger partial charge in [0.15, 0.2) is 12.0 Å². The SMILES string of the molecule is CC(C)[C@H](NC(=O)CNC(=O)[C@@H](N)CCCN=C(N)N)C(=O)N[C@@H](Cc1ccc(O)cc1)C(=O)N[C@@H](Cc1ccc(O)cc1)C(=O)N1CCC[C@H]1C(=O)N[C@@H](CC(=O)O)C(=O)N[C@H](C(=O)N[C@H](C(=O)O)[C@@H](C)O)[C@@H](C)O. The van der Waals surface area contributed by atoms with E-state index in [0.29, 0.717) is 17.5 Å². The number of likely N-dealkylation sites (tertiary alicyclic amines) is 1. The predicted octanol–water partition coefficient (Wildman–Crippen LogP) is -4.74. The van der Waals surface area contributed by atoms with Crippen LogP contribution in [0.1, 0.15) is 70.9 Å². The molecule has 1 fully saturated rings.